The van der Waals surface area contributed by atoms with Crippen molar-refractivity contribution in [3.8, 4) is 0 Å². The fourth-order valence-electron chi connectivity index (χ4n) is 2.95. The van der Waals surface area contributed by atoms with Crippen molar-refractivity contribution < 1.29 is 4.79 Å². The van der Waals surface area contributed by atoms with Gasteiger partial charge in [-0.05, 0) is 25.0 Å². The minimum Gasteiger partial charge on any atom is -0.383 e. The Bertz CT molecular complexity index is 871. The van der Waals surface area contributed by atoms with Gasteiger partial charge in [0.25, 0.3) is 11.5 Å². The second-order valence-corrected chi connectivity index (χ2v) is 6.53. The van der Waals surface area contributed by atoms with E-state index in [1.807, 2.05) is 13.0 Å². The number of hydrogen-bond donors (Lipinski definition) is 2. The molecule has 7 heteroatoms. The maximum atomic E-state index is 13.1. The van der Waals surface area contributed by atoms with Gasteiger partial charge in [0.1, 0.15) is 5.82 Å². The smallest absolute Gasteiger partial charge is 0.330 e. The van der Waals surface area contributed by atoms with E-state index in [0.29, 0.717) is 18.7 Å². The first kappa shape index (κ1) is 20.5. The third-order valence-electron chi connectivity index (χ3n) is 4.47. The molecule has 0 saturated heterocycles. The van der Waals surface area contributed by atoms with Gasteiger partial charge < -0.3 is 10.6 Å². The molecule has 2 rings (SSSR count). The lowest BCUT2D eigenvalue weighted by Gasteiger charge is -2.24. The molecule has 0 spiro atoms. The van der Waals surface area contributed by atoms with Gasteiger partial charge in [0.05, 0.1) is 0 Å². The maximum Gasteiger partial charge on any atom is 0.330 e. The third-order valence-corrected chi connectivity index (χ3v) is 4.47. The van der Waals surface area contributed by atoms with Gasteiger partial charge in [-0.2, -0.15) is 0 Å². The van der Waals surface area contributed by atoms with Gasteiger partial charge in [0.2, 0.25) is 0 Å². The molecule has 0 atom stereocenters. The van der Waals surface area contributed by atoms with Gasteiger partial charge in [0.15, 0.2) is 5.69 Å². The van der Waals surface area contributed by atoms with E-state index >= 15 is 0 Å². The van der Waals surface area contributed by atoms with E-state index in [1.165, 1.54) is 9.47 Å². The molecule has 7 nitrogen and oxygen atoms in total. The van der Waals surface area contributed by atoms with Gasteiger partial charge in [-0.25, -0.2) is 4.79 Å². The molecule has 0 fully saturated rings. The summed E-state index contributed by atoms with van der Waals surface area (Å²) in [7, 11) is 0. The van der Waals surface area contributed by atoms with Crippen molar-refractivity contribution in [1.82, 2.24) is 9.55 Å². The zero-order chi connectivity index (χ0) is 19.8. The SMILES string of the molecule is CCCCCN(C(=O)c1ccccc1)c1c(N)n(CCCC)c(=O)[nH]c1=O. The standard InChI is InChI=1S/C20H28N4O3/c1-3-5-10-14-23(19(26)15-11-8-7-9-12-15)16-17(21)24(13-6-4-2)20(27)22-18(16)25/h7-9,11-12H,3-6,10,13-14,21H2,1-2H3,(H,22,25,27). The van der Waals surface area contributed by atoms with Crippen molar-refractivity contribution in [2.45, 2.75) is 52.5 Å². The Morgan fingerprint density at radius 1 is 1.07 bits per heavy atom. The molecule has 1 amide bonds. The van der Waals surface area contributed by atoms with E-state index in [4.69, 9.17) is 5.73 Å². The van der Waals surface area contributed by atoms with E-state index in [9.17, 15) is 14.4 Å². The molecule has 1 aromatic carbocycles. The number of nitrogen functional groups attached to an aromatic ring is 1. The topological polar surface area (TPSA) is 101 Å². The average Bonchev–Trinajstić information content (AvgIpc) is 2.66. The summed E-state index contributed by atoms with van der Waals surface area (Å²) in [6.07, 6.45) is 4.27. The summed E-state index contributed by atoms with van der Waals surface area (Å²) in [6, 6.07) is 8.77. The number of aromatic nitrogens is 2. The molecule has 1 heterocycles. The fraction of sp³-hybridized carbons (Fsp3) is 0.450. The molecule has 0 radical (unpaired) electrons. The number of amides is 1. The van der Waals surface area contributed by atoms with Crippen molar-refractivity contribution in [3.05, 3.63) is 56.7 Å². The highest BCUT2D eigenvalue weighted by Gasteiger charge is 2.24. The van der Waals surface area contributed by atoms with E-state index in [-0.39, 0.29) is 17.4 Å². The number of anilines is 2. The molecule has 0 saturated carbocycles. The Kier molecular flexibility index (Phi) is 7.40. The van der Waals surface area contributed by atoms with Crippen LogP contribution in [0.1, 0.15) is 56.3 Å². The van der Waals surface area contributed by atoms with E-state index in [2.05, 4.69) is 11.9 Å². The molecule has 0 aliphatic rings. The van der Waals surface area contributed by atoms with Crippen LogP contribution in [0.3, 0.4) is 0 Å². The predicted molar refractivity (Wildman–Crippen MR) is 108 cm³/mol. The van der Waals surface area contributed by atoms with Crippen LogP contribution >= 0.6 is 0 Å². The molecule has 1 aromatic heterocycles. The van der Waals surface area contributed by atoms with Crippen molar-refractivity contribution in [2.75, 3.05) is 17.2 Å². The van der Waals surface area contributed by atoms with E-state index in [0.717, 1.165) is 32.1 Å². The monoisotopic (exact) mass is 372 g/mol. The van der Waals surface area contributed by atoms with Crippen molar-refractivity contribution in [1.29, 1.82) is 0 Å². The van der Waals surface area contributed by atoms with Gasteiger partial charge >= 0.3 is 5.69 Å². The molecule has 0 unspecified atom stereocenters. The van der Waals surface area contributed by atoms with E-state index < -0.39 is 11.2 Å². The number of H-pyrrole nitrogens is 1. The highest BCUT2D eigenvalue weighted by atomic mass is 16.2. The molecule has 3 N–H and O–H groups in total. The summed E-state index contributed by atoms with van der Waals surface area (Å²) in [6.45, 7) is 4.83. The molecular formula is C20H28N4O3. The number of carbonyl (C=O) groups excluding carboxylic acids is 1. The number of hydrogen-bond acceptors (Lipinski definition) is 4. The normalized spacial score (nSPS) is 10.7. The Hall–Kier alpha value is -2.83. The highest BCUT2D eigenvalue weighted by molar-refractivity contribution is 6.07. The lowest BCUT2D eigenvalue weighted by molar-refractivity contribution is 0.0986. The number of aromatic amines is 1. The van der Waals surface area contributed by atoms with Crippen LogP contribution in [-0.2, 0) is 6.54 Å². The second kappa shape index (κ2) is 9.75. The summed E-state index contributed by atoms with van der Waals surface area (Å²) in [5.41, 5.74) is 5.54. The highest BCUT2D eigenvalue weighted by Crippen LogP contribution is 2.20. The Balaban J connectivity index is 2.53. The molecule has 2 aromatic rings. The largest absolute Gasteiger partial charge is 0.383 e. The zero-order valence-corrected chi connectivity index (χ0v) is 16.0. The maximum absolute atomic E-state index is 13.1. The number of unbranched alkanes of at least 4 members (excludes halogenated alkanes) is 3. The van der Waals surface area contributed by atoms with E-state index in [1.54, 1.807) is 24.3 Å². The van der Waals surface area contributed by atoms with Crippen LogP contribution in [0.25, 0.3) is 0 Å². The molecule has 0 aliphatic heterocycles. The van der Waals surface area contributed by atoms with Crippen LogP contribution in [0.4, 0.5) is 11.5 Å². The van der Waals surface area contributed by atoms with Crippen LogP contribution in [0.15, 0.2) is 39.9 Å². The number of nitrogens with two attached hydrogens (primary N) is 1. The molecule has 0 bridgehead atoms. The van der Waals surface area contributed by atoms with Crippen molar-refractivity contribution >= 4 is 17.4 Å². The first-order chi connectivity index (χ1) is 13.0. The number of nitrogens with one attached hydrogen (secondary N) is 1. The van der Waals surface area contributed by atoms with Crippen LogP contribution in [0.5, 0.6) is 0 Å². The predicted octanol–water partition coefficient (Wildman–Crippen LogP) is 2.76. The minimum atomic E-state index is -0.633. The Morgan fingerprint density at radius 3 is 2.37 bits per heavy atom. The molecule has 0 aliphatic carbocycles. The summed E-state index contributed by atoms with van der Waals surface area (Å²) in [4.78, 5) is 41.5. The van der Waals surface area contributed by atoms with Crippen molar-refractivity contribution in [2.24, 2.45) is 0 Å². The molecular weight excluding hydrogens is 344 g/mol. The Morgan fingerprint density at radius 2 is 1.74 bits per heavy atom. The van der Waals surface area contributed by atoms with Crippen molar-refractivity contribution in [3.63, 3.8) is 0 Å². The average molecular weight is 372 g/mol. The molecule has 27 heavy (non-hydrogen) atoms. The van der Waals surface area contributed by atoms with Gasteiger partial charge in [-0.1, -0.05) is 51.3 Å². The lowest BCUT2D eigenvalue weighted by atomic mass is 10.1. The fourth-order valence-corrected chi connectivity index (χ4v) is 2.95. The van der Waals surface area contributed by atoms with Crippen LogP contribution in [0, 0.1) is 0 Å². The number of rotatable bonds is 9. The zero-order valence-electron chi connectivity index (χ0n) is 16.0. The van der Waals surface area contributed by atoms with Crippen LogP contribution < -0.4 is 21.9 Å². The van der Waals surface area contributed by atoms with Crippen LogP contribution in [-0.4, -0.2) is 22.0 Å². The van der Waals surface area contributed by atoms with Gasteiger partial charge in [0, 0.05) is 18.7 Å². The number of nitrogens with zero attached hydrogens (tertiary/aromatic N) is 2. The Labute approximate surface area is 158 Å². The minimum absolute atomic E-state index is 0.0398. The van der Waals surface area contributed by atoms with Gasteiger partial charge in [-0.15, -0.1) is 0 Å². The molecule has 146 valence electrons. The summed E-state index contributed by atoms with van der Waals surface area (Å²) < 4.78 is 1.34. The summed E-state index contributed by atoms with van der Waals surface area (Å²) >= 11 is 0. The third kappa shape index (κ3) is 4.87. The number of carbonyl (C=O) groups is 1. The van der Waals surface area contributed by atoms with Gasteiger partial charge in [-0.3, -0.25) is 19.1 Å². The summed E-state index contributed by atoms with van der Waals surface area (Å²) in [5, 5.41) is 0. The first-order valence-electron chi connectivity index (χ1n) is 9.50. The number of benzene rings is 1. The first-order valence-corrected chi connectivity index (χ1v) is 9.50. The second-order valence-electron chi connectivity index (χ2n) is 6.53. The van der Waals surface area contributed by atoms with Crippen LogP contribution in [0.2, 0.25) is 0 Å². The summed E-state index contributed by atoms with van der Waals surface area (Å²) in [5.74, 6) is -0.262. The quantitative estimate of drug-likeness (QED) is 0.661. The lowest BCUT2D eigenvalue weighted by Crippen LogP contribution is -2.41.